The van der Waals surface area contributed by atoms with Crippen molar-refractivity contribution in [1.82, 2.24) is 9.96 Å². The average molecular weight is 184 g/mol. The molecule has 2 bridgehead atoms. The first-order valence-corrected chi connectivity index (χ1v) is 4.85. The Kier molecular flexibility index (Phi) is 2.51. The molecule has 0 radical (unpaired) electrons. The minimum absolute atomic E-state index is 0.282. The Morgan fingerprint density at radius 2 is 2.15 bits per heavy atom. The molecule has 3 fully saturated rings. The van der Waals surface area contributed by atoms with Gasteiger partial charge in [0, 0.05) is 6.54 Å². The van der Waals surface area contributed by atoms with Crippen LogP contribution in [0.15, 0.2) is 0 Å². The van der Waals surface area contributed by atoms with E-state index in [0.29, 0.717) is 5.92 Å². The fraction of sp³-hybridized carbons (Fsp3) is 0.889. The minimum atomic E-state index is 0.282. The number of piperidine rings is 3. The highest BCUT2D eigenvalue weighted by atomic mass is 16.7. The van der Waals surface area contributed by atoms with Crippen LogP contribution in [0.1, 0.15) is 12.8 Å². The van der Waals surface area contributed by atoms with E-state index in [4.69, 9.17) is 4.84 Å². The molecule has 0 aromatic heterocycles. The summed E-state index contributed by atoms with van der Waals surface area (Å²) in [5.74, 6) is 0.648. The predicted octanol–water partition coefficient (Wildman–Crippen LogP) is 0.100. The van der Waals surface area contributed by atoms with E-state index in [1.807, 2.05) is 0 Å². The van der Waals surface area contributed by atoms with E-state index in [1.165, 1.54) is 31.0 Å². The third-order valence-electron chi connectivity index (χ3n) is 3.26. The molecule has 13 heavy (non-hydrogen) atoms. The number of hydrogen-bond acceptors (Lipinski definition) is 3. The molecular weight excluding hydrogens is 168 g/mol. The molecule has 3 aliphatic heterocycles. The summed E-state index contributed by atoms with van der Waals surface area (Å²) in [4.78, 5) is 18.1. The quantitative estimate of drug-likeness (QED) is 0.460. The van der Waals surface area contributed by atoms with Crippen LogP contribution in [0.2, 0.25) is 0 Å². The third-order valence-corrected chi connectivity index (χ3v) is 3.26. The maximum atomic E-state index is 10.7. The number of nitrogens with zero attached hydrogens (tertiary/aromatic N) is 2. The second kappa shape index (κ2) is 3.64. The SMILES string of the molecule is CON(C=O)C1CN2CCC1CC2. The Hall–Kier alpha value is -0.610. The maximum absolute atomic E-state index is 10.7. The van der Waals surface area contributed by atoms with Crippen molar-refractivity contribution in [3.63, 3.8) is 0 Å². The molecule has 0 aliphatic carbocycles. The van der Waals surface area contributed by atoms with Crippen LogP contribution in [0, 0.1) is 5.92 Å². The highest BCUT2D eigenvalue weighted by Gasteiger charge is 2.37. The fourth-order valence-electron chi connectivity index (χ4n) is 2.48. The maximum Gasteiger partial charge on any atom is 0.233 e. The zero-order chi connectivity index (χ0) is 9.26. The summed E-state index contributed by atoms with van der Waals surface area (Å²) < 4.78 is 0. The number of carbonyl (C=O) groups is 1. The summed E-state index contributed by atoms with van der Waals surface area (Å²) in [5.41, 5.74) is 0. The van der Waals surface area contributed by atoms with Crippen molar-refractivity contribution in [1.29, 1.82) is 0 Å². The molecule has 0 aromatic carbocycles. The monoisotopic (exact) mass is 184 g/mol. The molecular formula is C9H16N2O2. The van der Waals surface area contributed by atoms with Crippen LogP contribution in [0.5, 0.6) is 0 Å². The first kappa shape index (κ1) is 8.97. The summed E-state index contributed by atoms with van der Waals surface area (Å²) in [6, 6.07) is 0.282. The Morgan fingerprint density at radius 3 is 2.54 bits per heavy atom. The second-order valence-electron chi connectivity index (χ2n) is 3.85. The van der Waals surface area contributed by atoms with Crippen LogP contribution in [0.25, 0.3) is 0 Å². The van der Waals surface area contributed by atoms with Gasteiger partial charge in [0.15, 0.2) is 0 Å². The van der Waals surface area contributed by atoms with Crippen molar-refractivity contribution in [3.8, 4) is 0 Å². The van der Waals surface area contributed by atoms with Gasteiger partial charge in [0.1, 0.15) is 0 Å². The smallest absolute Gasteiger partial charge is 0.233 e. The molecule has 3 aliphatic rings. The number of amides is 1. The number of hydroxylamine groups is 2. The minimum Gasteiger partial charge on any atom is -0.301 e. The molecule has 4 heteroatoms. The van der Waals surface area contributed by atoms with E-state index < -0.39 is 0 Å². The van der Waals surface area contributed by atoms with Crippen LogP contribution in [-0.2, 0) is 9.63 Å². The normalized spacial score (nSPS) is 37.5. The van der Waals surface area contributed by atoms with Gasteiger partial charge in [-0.1, -0.05) is 0 Å². The van der Waals surface area contributed by atoms with E-state index in [0.717, 1.165) is 13.0 Å². The van der Waals surface area contributed by atoms with Crippen LogP contribution in [0.3, 0.4) is 0 Å². The lowest BCUT2D eigenvalue weighted by molar-refractivity contribution is -0.191. The van der Waals surface area contributed by atoms with Crippen molar-refractivity contribution in [2.24, 2.45) is 5.92 Å². The summed E-state index contributed by atoms with van der Waals surface area (Å²) >= 11 is 0. The molecule has 1 atom stereocenters. The average Bonchev–Trinajstić information content (AvgIpc) is 2.22. The van der Waals surface area contributed by atoms with Gasteiger partial charge in [0.25, 0.3) is 0 Å². The van der Waals surface area contributed by atoms with Crippen LogP contribution >= 0.6 is 0 Å². The Morgan fingerprint density at radius 1 is 1.46 bits per heavy atom. The van der Waals surface area contributed by atoms with Crippen LogP contribution in [-0.4, -0.2) is 49.2 Å². The molecule has 3 heterocycles. The molecule has 1 amide bonds. The Bertz CT molecular complexity index is 190. The van der Waals surface area contributed by atoms with Gasteiger partial charge in [0.2, 0.25) is 6.41 Å². The summed E-state index contributed by atoms with van der Waals surface area (Å²) in [7, 11) is 1.56. The van der Waals surface area contributed by atoms with Crippen molar-refractivity contribution in [2.75, 3.05) is 26.7 Å². The van der Waals surface area contributed by atoms with Gasteiger partial charge in [-0.05, 0) is 31.8 Å². The van der Waals surface area contributed by atoms with Gasteiger partial charge in [-0.15, -0.1) is 0 Å². The van der Waals surface area contributed by atoms with Crippen molar-refractivity contribution >= 4 is 6.41 Å². The van der Waals surface area contributed by atoms with Gasteiger partial charge in [-0.25, -0.2) is 5.06 Å². The fourth-order valence-corrected chi connectivity index (χ4v) is 2.48. The van der Waals surface area contributed by atoms with Gasteiger partial charge < -0.3 is 4.90 Å². The van der Waals surface area contributed by atoms with E-state index in [1.54, 1.807) is 7.11 Å². The first-order valence-electron chi connectivity index (χ1n) is 4.85. The molecule has 0 N–H and O–H groups in total. The van der Waals surface area contributed by atoms with Gasteiger partial charge in [-0.2, -0.15) is 0 Å². The highest BCUT2D eigenvalue weighted by Crippen LogP contribution is 2.30. The Labute approximate surface area is 78.4 Å². The largest absolute Gasteiger partial charge is 0.301 e. The zero-order valence-electron chi connectivity index (χ0n) is 7.98. The molecule has 0 spiro atoms. The lowest BCUT2D eigenvalue weighted by atomic mass is 9.84. The topological polar surface area (TPSA) is 32.8 Å². The third kappa shape index (κ3) is 1.56. The van der Waals surface area contributed by atoms with Crippen molar-refractivity contribution in [3.05, 3.63) is 0 Å². The van der Waals surface area contributed by atoms with Gasteiger partial charge >= 0.3 is 0 Å². The summed E-state index contributed by atoms with van der Waals surface area (Å²) in [5, 5.41) is 1.47. The Balaban J connectivity index is 2.03. The molecule has 74 valence electrons. The molecule has 4 nitrogen and oxygen atoms in total. The lowest BCUT2D eigenvalue weighted by Gasteiger charge is -2.46. The van der Waals surface area contributed by atoms with E-state index in [2.05, 4.69) is 4.90 Å². The molecule has 3 rings (SSSR count). The summed E-state index contributed by atoms with van der Waals surface area (Å²) in [6.07, 6.45) is 3.21. The highest BCUT2D eigenvalue weighted by molar-refractivity contribution is 5.46. The zero-order valence-corrected chi connectivity index (χ0v) is 7.98. The molecule has 3 saturated heterocycles. The van der Waals surface area contributed by atoms with Gasteiger partial charge in [-0.3, -0.25) is 9.63 Å². The van der Waals surface area contributed by atoms with Crippen LogP contribution in [0.4, 0.5) is 0 Å². The lowest BCUT2D eigenvalue weighted by Crippen LogP contribution is -2.56. The standard InChI is InChI=1S/C9H16N2O2/c1-13-11(7-12)9-6-10-4-2-8(9)3-5-10/h7-9H,2-6H2,1H3. The molecule has 0 aromatic rings. The number of hydrogen-bond donors (Lipinski definition) is 0. The summed E-state index contributed by atoms with van der Waals surface area (Å²) in [6.45, 7) is 3.37. The second-order valence-corrected chi connectivity index (χ2v) is 3.85. The number of rotatable bonds is 3. The van der Waals surface area contributed by atoms with Crippen molar-refractivity contribution in [2.45, 2.75) is 18.9 Å². The predicted molar refractivity (Wildman–Crippen MR) is 47.9 cm³/mol. The molecule has 1 unspecified atom stereocenters. The number of fused-ring (bicyclic) bond motifs is 3. The van der Waals surface area contributed by atoms with E-state index in [-0.39, 0.29) is 6.04 Å². The first-order chi connectivity index (χ1) is 6.35. The van der Waals surface area contributed by atoms with Gasteiger partial charge in [0.05, 0.1) is 13.2 Å². The van der Waals surface area contributed by atoms with E-state index in [9.17, 15) is 4.79 Å². The van der Waals surface area contributed by atoms with E-state index >= 15 is 0 Å². The van der Waals surface area contributed by atoms with Crippen LogP contribution < -0.4 is 0 Å². The van der Waals surface area contributed by atoms with Crippen molar-refractivity contribution < 1.29 is 9.63 Å². The molecule has 0 saturated carbocycles. The number of carbonyl (C=O) groups excluding carboxylic acids is 1.